The molecule has 0 saturated heterocycles. The van der Waals surface area contributed by atoms with E-state index in [2.05, 4.69) is 12.1 Å². The van der Waals surface area contributed by atoms with Crippen LogP contribution in [0.2, 0.25) is 5.02 Å². The monoisotopic (exact) mass is 410 g/mol. The van der Waals surface area contributed by atoms with Crippen molar-refractivity contribution in [1.29, 1.82) is 0 Å². The fraction of sp³-hybridized carbons (Fsp3) is 0.375. The van der Waals surface area contributed by atoms with Crippen molar-refractivity contribution in [2.75, 3.05) is 6.73 Å². The van der Waals surface area contributed by atoms with Crippen LogP contribution in [0.5, 0.6) is 5.75 Å². The zero-order valence-corrected chi connectivity index (χ0v) is 17.4. The third-order valence-corrected chi connectivity index (χ3v) is 6.65. The average molecular weight is 411 g/mol. The number of hydrogen-bond donors (Lipinski definition) is 1. The minimum atomic E-state index is -0.167. The predicted molar refractivity (Wildman–Crippen MR) is 114 cm³/mol. The molecule has 0 saturated carbocycles. The number of halogens is 1. The summed E-state index contributed by atoms with van der Waals surface area (Å²) < 4.78 is 11.9. The predicted octanol–water partition coefficient (Wildman–Crippen LogP) is 3.96. The Morgan fingerprint density at radius 3 is 2.72 bits per heavy atom. The lowest BCUT2D eigenvalue weighted by Gasteiger charge is -2.28. The Hall–Kier alpha value is -2.30. The zero-order chi connectivity index (χ0) is 20.0. The number of quaternary nitrogens is 1. The topological polar surface area (TPSA) is 43.9 Å². The van der Waals surface area contributed by atoms with E-state index in [0.29, 0.717) is 12.3 Å². The van der Waals surface area contributed by atoms with Gasteiger partial charge < -0.3 is 9.15 Å². The second-order valence-corrected chi connectivity index (χ2v) is 8.66. The van der Waals surface area contributed by atoms with Gasteiger partial charge in [0.25, 0.3) is 0 Å². The van der Waals surface area contributed by atoms with Gasteiger partial charge in [-0.2, -0.15) is 0 Å². The van der Waals surface area contributed by atoms with E-state index in [4.69, 9.17) is 20.8 Å². The van der Waals surface area contributed by atoms with E-state index in [9.17, 15) is 4.79 Å². The molecule has 0 spiro atoms. The van der Waals surface area contributed by atoms with Crippen molar-refractivity contribution in [3.05, 3.63) is 73.6 Å². The maximum absolute atomic E-state index is 12.6. The maximum atomic E-state index is 12.6. The lowest BCUT2D eigenvalue weighted by atomic mass is 9.95. The van der Waals surface area contributed by atoms with Crippen LogP contribution in [-0.2, 0) is 25.9 Å². The van der Waals surface area contributed by atoms with Crippen LogP contribution in [-0.4, -0.2) is 6.73 Å². The van der Waals surface area contributed by atoms with Gasteiger partial charge in [0.05, 0.1) is 0 Å². The minimum Gasteiger partial charge on any atom is -0.444 e. The summed E-state index contributed by atoms with van der Waals surface area (Å²) in [5.41, 5.74) is 5.86. The van der Waals surface area contributed by atoms with Crippen LogP contribution in [0.3, 0.4) is 0 Å². The highest BCUT2D eigenvalue weighted by Gasteiger charge is 2.27. The molecule has 0 bridgehead atoms. The van der Waals surface area contributed by atoms with Crippen molar-refractivity contribution >= 4 is 22.6 Å². The summed E-state index contributed by atoms with van der Waals surface area (Å²) in [5.74, 6) is 0.872. The van der Waals surface area contributed by atoms with Crippen LogP contribution in [0.15, 0.2) is 39.5 Å². The van der Waals surface area contributed by atoms with Gasteiger partial charge in [0.2, 0.25) is 6.73 Å². The van der Waals surface area contributed by atoms with Gasteiger partial charge >= 0.3 is 5.63 Å². The molecule has 2 heterocycles. The normalized spacial score (nSPS) is 18.6. The van der Waals surface area contributed by atoms with Crippen LogP contribution >= 0.6 is 11.6 Å². The molecule has 1 aliphatic heterocycles. The first-order valence-corrected chi connectivity index (χ1v) is 10.8. The van der Waals surface area contributed by atoms with Gasteiger partial charge in [-0.25, -0.2) is 4.79 Å². The molecule has 0 fully saturated rings. The molecule has 150 valence electrons. The summed E-state index contributed by atoms with van der Waals surface area (Å²) in [7, 11) is 0. The number of nitrogens with one attached hydrogen (secondary N) is 1. The van der Waals surface area contributed by atoms with E-state index in [1.54, 1.807) is 0 Å². The highest BCUT2D eigenvalue weighted by atomic mass is 35.5. The smallest absolute Gasteiger partial charge is 0.339 e. The van der Waals surface area contributed by atoms with Crippen molar-refractivity contribution in [3.8, 4) is 5.75 Å². The number of ether oxygens (including phenoxy) is 1. The maximum Gasteiger partial charge on any atom is 0.339 e. The number of rotatable bonds is 2. The molecule has 4 nitrogen and oxygen atoms in total. The van der Waals surface area contributed by atoms with Crippen molar-refractivity contribution in [1.82, 2.24) is 0 Å². The van der Waals surface area contributed by atoms with Crippen molar-refractivity contribution in [2.24, 2.45) is 0 Å². The Kier molecular flexibility index (Phi) is 4.84. The lowest BCUT2D eigenvalue weighted by Crippen LogP contribution is -3.10. The summed E-state index contributed by atoms with van der Waals surface area (Å²) in [6.45, 7) is 4.26. The summed E-state index contributed by atoms with van der Waals surface area (Å²) in [6, 6.07) is 10.2. The quantitative estimate of drug-likeness (QED) is 0.513. The Bertz CT molecular complexity index is 1150. The Labute approximate surface area is 175 Å². The molecule has 0 radical (unpaired) electrons. The molecule has 5 heteroatoms. The van der Waals surface area contributed by atoms with E-state index in [1.807, 2.05) is 25.1 Å². The highest BCUT2D eigenvalue weighted by molar-refractivity contribution is 6.31. The Morgan fingerprint density at radius 2 is 1.90 bits per heavy atom. The fourth-order valence-corrected chi connectivity index (χ4v) is 5.02. The third-order valence-electron chi connectivity index (χ3n) is 6.28. The lowest BCUT2D eigenvalue weighted by molar-refractivity contribution is -0.945. The van der Waals surface area contributed by atoms with E-state index >= 15 is 0 Å². The molecule has 5 rings (SSSR count). The minimum absolute atomic E-state index is 0.167. The molecular weight excluding hydrogens is 386 g/mol. The first-order valence-electron chi connectivity index (χ1n) is 10.4. The van der Waals surface area contributed by atoms with Gasteiger partial charge in [-0.3, -0.25) is 4.90 Å². The molecule has 1 aliphatic carbocycles. The van der Waals surface area contributed by atoms with Gasteiger partial charge in [-0.05, 0) is 50.3 Å². The highest BCUT2D eigenvalue weighted by Crippen LogP contribution is 2.35. The van der Waals surface area contributed by atoms with Crippen LogP contribution < -0.4 is 15.3 Å². The SMILES string of the molecule is Cc1c2c(cc3c4c(c(=O)oc13)CCCCC4)C[NH+](Cc1ccccc1Cl)CO2. The van der Waals surface area contributed by atoms with Crippen molar-refractivity contribution < 1.29 is 14.1 Å². The molecule has 1 atom stereocenters. The van der Waals surface area contributed by atoms with Crippen LogP contribution in [0.1, 0.15) is 47.1 Å². The molecule has 1 aromatic heterocycles. The third kappa shape index (κ3) is 3.34. The molecule has 1 unspecified atom stereocenters. The zero-order valence-electron chi connectivity index (χ0n) is 16.6. The molecule has 3 aromatic rings. The van der Waals surface area contributed by atoms with Gasteiger partial charge in [-0.15, -0.1) is 0 Å². The van der Waals surface area contributed by atoms with Crippen LogP contribution in [0.25, 0.3) is 11.0 Å². The average Bonchev–Trinajstić information content (AvgIpc) is 2.98. The van der Waals surface area contributed by atoms with Gasteiger partial charge in [0.15, 0.2) is 0 Å². The molecule has 2 aromatic carbocycles. The number of aryl methyl sites for hydroxylation is 2. The molecular formula is C24H25ClNO3+. The van der Waals surface area contributed by atoms with E-state index in [1.165, 1.54) is 22.4 Å². The fourth-order valence-electron chi connectivity index (χ4n) is 4.82. The number of hydrogen-bond acceptors (Lipinski definition) is 3. The summed E-state index contributed by atoms with van der Waals surface area (Å²) in [6.07, 6.45) is 5.13. The molecule has 29 heavy (non-hydrogen) atoms. The van der Waals surface area contributed by atoms with Gasteiger partial charge in [0.1, 0.15) is 24.4 Å². The van der Waals surface area contributed by atoms with Gasteiger partial charge in [0, 0.05) is 32.7 Å². The molecule has 2 aliphatic rings. The van der Waals surface area contributed by atoms with Crippen molar-refractivity contribution in [2.45, 2.75) is 52.1 Å². The van der Waals surface area contributed by atoms with E-state index in [-0.39, 0.29) is 5.63 Å². The van der Waals surface area contributed by atoms with Gasteiger partial charge in [-0.1, -0.05) is 36.2 Å². The number of benzene rings is 2. The standard InChI is InChI=1S/C24H24ClNO3/c1-15-22-17(13-26(14-28-22)12-16-7-5-6-10-21(16)25)11-20-18-8-3-2-4-9-19(18)24(27)29-23(15)20/h5-7,10-11H,2-4,8-9,12-14H2,1H3/p+1. The van der Waals surface area contributed by atoms with Crippen LogP contribution in [0, 0.1) is 6.92 Å². The first kappa shape index (κ1) is 18.7. The Balaban J connectivity index is 1.57. The largest absolute Gasteiger partial charge is 0.444 e. The first-order chi connectivity index (χ1) is 14.1. The second-order valence-electron chi connectivity index (χ2n) is 8.26. The summed E-state index contributed by atoms with van der Waals surface area (Å²) >= 11 is 6.36. The molecule has 0 amide bonds. The summed E-state index contributed by atoms with van der Waals surface area (Å²) in [4.78, 5) is 13.9. The number of fused-ring (bicyclic) bond motifs is 4. The van der Waals surface area contributed by atoms with E-state index < -0.39 is 0 Å². The Morgan fingerprint density at radius 1 is 1.10 bits per heavy atom. The van der Waals surface area contributed by atoms with E-state index in [0.717, 1.165) is 71.6 Å². The van der Waals surface area contributed by atoms with Crippen LogP contribution in [0.4, 0.5) is 0 Å². The summed E-state index contributed by atoms with van der Waals surface area (Å²) in [5, 5.41) is 1.90. The molecule has 1 N–H and O–H groups in total. The van der Waals surface area contributed by atoms with Crippen molar-refractivity contribution in [3.63, 3.8) is 0 Å². The second kappa shape index (κ2) is 7.51.